The molecule has 0 saturated heterocycles. The van der Waals surface area contributed by atoms with E-state index in [9.17, 15) is 0 Å². The van der Waals surface area contributed by atoms with Crippen LogP contribution in [0.5, 0.6) is 0 Å². The SMILES string of the molecule is CCCNC1CCCCC1c1nc(C(C)OC)no1. The fraction of sp³-hybridized carbons (Fsp3) is 0.857. The fourth-order valence-corrected chi connectivity index (χ4v) is 2.67. The zero-order valence-electron chi connectivity index (χ0n) is 12.2. The summed E-state index contributed by atoms with van der Waals surface area (Å²) in [4.78, 5) is 4.52. The number of ether oxygens (including phenoxy) is 1. The summed E-state index contributed by atoms with van der Waals surface area (Å²) >= 11 is 0. The molecule has 0 aliphatic heterocycles. The Kier molecular flexibility index (Phi) is 5.34. The molecule has 0 aromatic carbocycles. The zero-order valence-corrected chi connectivity index (χ0v) is 12.2. The standard InChI is InChI=1S/C14H25N3O2/c1-4-9-15-12-8-6-5-7-11(12)14-16-13(17-19-14)10(2)18-3/h10-12,15H,4-9H2,1-3H3. The molecule has 0 bridgehead atoms. The average molecular weight is 267 g/mol. The Hall–Kier alpha value is -0.940. The second-order valence-corrected chi connectivity index (χ2v) is 5.32. The monoisotopic (exact) mass is 267 g/mol. The second kappa shape index (κ2) is 7.01. The lowest BCUT2D eigenvalue weighted by Gasteiger charge is -2.29. The predicted molar refractivity (Wildman–Crippen MR) is 73.0 cm³/mol. The van der Waals surface area contributed by atoms with Crippen molar-refractivity contribution in [3.8, 4) is 0 Å². The van der Waals surface area contributed by atoms with Gasteiger partial charge in [-0.05, 0) is 32.7 Å². The summed E-state index contributed by atoms with van der Waals surface area (Å²) in [6.07, 6.45) is 5.90. The first kappa shape index (κ1) is 14.5. The fourth-order valence-electron chi connectivity index (χ4n) is 2.67. The first-order chi connectivity index (χ1) is 9.26. The molecular weight excluding hydrogens is 242 g/mol. The lowest BCUT2D eigenvalue weighted by atomic mass is 9.84. The van der Waals surface area contributed by atoms with E-state index in [-0.39, 0.29) is 6.10 Å². The highest BCUT2D eigenvalue weighted by Crippen LogP contribution is 2.32. The quantitative estimate of drug-likeness (QED) is 0.858. The van der Waals surface area contributed by atoms with Crippen molar-refractivity contribution < 1.29 is 9.26 Å². The normalized spacial score (nSPS) is 25.4. The highest BCUT2D eigenvalue weighted by Gasteiger charge is 2.30. The zero-order chi connectivity index (χ0) is 13.7. The van der Waals surface area contributed by atoms with Crippen LogP contribution in [-0.2, 0) is 4.74 Å². The van der Waals surface area contributed by atoms with Crippen molar-refractivity contribution in [1.29, 1.82) is 0 Å². The summed E-state index contributed by atoms with van der Waals surface area (Å²) in [6, 6.07) is 0.472. The molecule has 1 N–H and O–H groups in total. The number of nitrogens with zero attached hydrogens (tertiary/aromatic N) is 2. The van der Waals surface area contributed by atoms with Crippen molar-refractivity contribution in [2.45, 2.75) is 64.0 Å². The topological polar surface area (TPSA) is 60.2 Å². The number of rotatable bonds is 6. The predicted octanol–water partition coefficient (Wildman–Crippen LogP) is 2.80. The molecule has 3 atom stereocenters. The van der Waals surface area contributed by atoms with E-state index in [0.717, 1.165) is 25.3 Å². The lowest BCUT2D eigenvalue weighted by molar-refractivity contribution is 0.109. The largest absolute Gasteiger partial charge is 0.374 e. The van der Waals surface area contributed by atoms with E-state index >= 15 is 0 Å². The summed E-state index contributed by atoms with van der Waals surface area (Å²) < 4.78 is 10.7. The van der Waals surface area contributed by atoms with Crippen LogP contribution in [-0.4, -0.2) is 29.8 Å². The van der Waals surface area contributed by atoms with E-state index in [2.05, 4.69) is 22.4 Å². The molecule has 1 aliphatic rings. The van der Waals surface area contributed by atoms with Gasteiger partial charge in [0, 0.05) is 13.2 Å². The van der Waals surface area contributed by atoms with Crippen molar-refractivity contribution in [3.05, 3.63) is 11.7 Å². The Bertz CT molecular complexity index is 381. The van der Waals surface area contributed by atoms with Crippen LogP contribution in [0.25, 0.3) is 0 Å². The molecule has 0 amide bonds. The van der Waals surface area contributed by atoms with Gasteiger partial charge in [0.2, 0.25) is 5.89 Å². The van der Waals surface area contributed by atoms with Crippen molar-refractivity contribution in [3.63, 3.8) is 0 Å². The van der Waals surface area contributed by atoms with Gasteiger partial charge in [0.05, 0.1) is 5.92 Å². The number of aromatic nitrogens is 2. The van der Waals surface area contributed by atoms with Gasteiger partial charge in [-0.1, -0.05) is 24.9 Å². The minimum Gasteiger partial charge on any atom is -0.374 e. The van der Waals surface area contributed by atoms with E-state index in [1.165, 1.54) is 19.3 Å². The summed E-state index contributed by atoms with van der Waals surface area (Å²) in [5.74, 6) is 1.77. The lowest BCUT2D eigenvalue weighted by Crippen LogP contribution is -2.37. The summed E-state index contributed by atoms with van der Waals surface area (Å²) in [5, 5.41) is 7.65. The summed E-state index contributed by atoms with van der Waals surface area (Å²) in [7, 11) is 1.66. The van der Waals surface area contributed by atoms with Crippen LogP contribution in [0.2, 0.25) is 0 Å². The molecule has 1 saturated carbocycles. The molecular formula is C14H25N3O2. The molecule has 2 rings (SSSR count). The Labute approximate surface area is 115 Å². The van der Waals surface area contributed by atoms with Gasteiger partial charge in [0.1, 0.15) is 6.10 Å². The van der Waals surface area contributed by atoms with Gasteiger partial charge < -0.3 is 14.6 Å². The van der Waals surface area contributed by atoms with E-state index in [4.69, 9.17) is 9.26 Å². The van der Waals surface area contributed by atoms with Crippen molar-refractivity contribution in [2.24, 2.45) is 0 Å². The van der Waals surface area contributed by atoms with Crippen LogP contribution in [0.1, 0.15) is 69.7 Å². The van der Waals surface area contributed by atoms with Crippen molar-refractivity contribution >= 4 is 0 Å². The third-order valence-corrected chi connectivity index (χ3v) is 3.91. The maximum atomic E-state index is 5.46. The van der Waals surface area contributed by atoms with E-state index < -0.39 is 0 Å². The molecule has 0 spiro atoms. The first-order valence-corrected chi connectivity index (χ1v) is 7.36. The number of hydrogen-bond acceptors (Lipinski definition) is 5. The van der Waals surface area contributed by atoms with Gasteiger partial charge in [-0.25, -0.2) is 0 Å². The van der Waals surface area contributed by atoms with E-state index in [1.807, 2.05) is 6.92 Å². The van der Waals surface area contributed by atoms with Gasteiger partial charge in [0.15, 0.2) is 5.82 Å². The average Bonchev–Trinajstić information content (AvgIpc) is 2.94. The van der Waals surface area contributed by atoms with Gasteiger partial charge in [-0.15, -0.1) is 0 Å². The Morgan fingerprint density at radius 3 is 2.95 bits per heavy atom. The molecule has 108 valence electrons. The van der Waals surface area contributed by atoms with E-state index in [1.54, 1.807) is 7.11 Å². The number of methoxy groups -OCH3 is 1. The maximum Gasteiger partial charge on any atom is 0.231 e. The molecule has 5 nitrogen and oxygen atoms in total. The van der Waals surface area contributed by atoms with E-state index in [0.29, 0.717) is 17.8 Å². The van der Waals surface area contributed by atoms with Crippen LogP contribution in [0, 0.1) is 0 Å². The van der Waals surface area contributed by atoms with Crippen LogP contribution in [0.3, 0.4) is 0 Å². The van der Waals surface area contributed by atoms with Crippen LogP contribution < -0.4 is 5.32 Å². The third kappa shape index (κ3) is 3.54. The molecule has 1 heterocycles. The molecule has 1 aromatic rings. The van der Waals surface area contributed by atoms with Gasteiger partial charge in [0.25, 0.3) is 0 Å². The van der Waals surface area contributed by atoms with Gasteiger partial charge in [-0.3, -0.25) is 0 Å². The summed E-state index contributed by atoms with van der Waals surface area (Å²) in [6.45, 7) is 5.18. The molecule has 19 heavy (non-hydrogen) atoms. The second-order valence-electron chi connectivity index (χ2n) is 5.32. The van der Waals surface area contributed by atoms with Crippen LogP contribution in [0.4, 0.5) is 0 Å². The highest BCUT2D eigenvalue weighted by molar-refractivity contribution is 5.02. The van der Waals surface area contributed by atoms with Crippen molar-refractivity contribution in [2.75, 3.05) is 13.7 Å². The van der Waals surface area contributed by atoms with Gasteiger partial charge >= 0.3 is 0 Å². The molecule has 1 aliphatic carbocycles. The van der Waals surface area contributed by atoms with Crippen LogP contribution >= 0.6 is 0 Å². The first-order valence-electron chi connectivity index (χ1n) is 7.36. The van der Waals surface area contributed by atoms with Gasteiger partial charge in [-0.2, -0.15) is 4.98 Å². The Balaban J connectivity index is 2.06. The minimum absolute atomic E-state index is 0.108. The molecule has 1 aromatic heterocycles. The molecule has 1 fully saturated rings. The number of nitrogens with one attached hydrogen (secondary N) is 1. The third-order valence-electron chi connectivity index (χ3n) is 3.91. The highest BCUT2D eigenvalue weighted by atomic mass is 16.5. The summed E-state index contributed by atoms with van der Waals surface area (Å²) in [5.41, 5.74) is 0. The molecule has 3 unspecified atom stereocenters. The number of hydrogen-bond donors (Lipinski definition) is 1. The Morgan fingerprint density at radius 2 is 2.21 bits per heavy atom. The Morgan fingerprint density at radius 1 is 1.42 bits per heavy atom. The minimum atomic E-state index is -0.108. The van der Waals surface area contributed by atoms with Crippen molar-refractivity contribution in [1.82, 2.24) is 15.5 Å². The molecule has 5 heteroatoms. The maximum absolute atomic E-state index is 5.46. The smallest absolute Gasteiger partial charge is 0.231 e. The van der Waals surface area contributed by atoms with Crippen LogP contribution in [0.15, 0.2) is 4.52 Å². The molecule has 0 radical (unpaired) electrons.